The van der Waals surface area contributed by atoms with E-state index in [-0.39, 0.29) is 0 Å². The molecule has 1 fully saturated rings. The summed E-state index contributed by atoms with van der Waals surface area (Å²) in [5, 5.41) is 9.84. The SMILES string of the molecule is CCC1CCC(C)N1c1ncccc1C(C)O. The lowest BCUT2D eigenvalue weighted by atomic mass is 10.1. The van der Waals surface area contributed by atoms with Crippen molar-refractivity contribution in [1.82, 2.24) is 4.98 Å². The lowest BCUT2D eigenvalue weighted by Crippen LogP contribution is -2.35. The summed E-state index contributed by atoms with van der Waals surface area (Å²) in [6.45, 7) is 6.28. The Hall–Kier alpha value is -1.09. The second kappa shape index (κ2) is 5.05. The number of aliphatic hydroxyl groups is 1. The van der Waals surface area contributed by atoms with Crippen molar-refractivity contribution in [2.75, 3.05) is 4.90 Å². The number of pyridine rings is 1. The van der Waals surface area contributed by atoms with E-state index in [2.05, 4.69) is 23.7 Å². The fourth-order valence-corrected chi connectivity index (χ4v) is 2.81. The molecule has 2 rings (SSSR count). The minimum absolute atomic E-state index is 0.455. The van der Waals surface area contributed by atoms with Gasteiger partial charge in [-0.3, -0.25) is 0 Å². The average Bonchev–Trinajstić information content (AvgIpc) is 2.70. The van der Waals surface area contributed by atoms with Gasteiger partial charge in [-0.25, -0.2) is 4.98 Å². The molecule has 0 saturated carbocycles. The topological polar surface area (TPSA) is 36.4 Å². The van der Waals surface area contributed by atoms with E-state index in [1.54, 1.807) is 0 Å². The monoisotopic (exact) mass is 234 g/mol. The number of anilines is 1. The molecule has 3 heteroatoms. The van der Waals surface area contributed by atoms with Gasteiger partial charge in [-0.1, -0.05) is 13.0 Å². The smallest absolute Gasteiger partial charge is 0.134 e. The molecule has 2 heterocycles. The van der Waals surface area contributed by atoms with Crippen molar-refractivity contribution in [3.63, 3.8) is 0 Å². The first-order valence-corrected chi connectivity index (χ1v) is 6.56. The van der Waals surface area contributed by atoms with E-state index in [1.165, 1.54) is 12.8 Å². The van der Waals surface area contributed by atoms with Crippen LogP contribution in [0.3, 0.4) is 0 Å². The zero-order chi connectivity index (χ0) is 12.4. The Morgan fingerprint density at radius 3 is 2.94 bits per heavy atom. The maximum atomic E-state index is 9.84. The van der Waals surface area contributed by atoms with Crippen LogP contribution in [0.2, 0.25) is 0 Å². The first-order valence-electron chi connectivity index (χ1n) is 6.56. The summed E-state index contributed by atoms with van der Waals surface area (Å²) in [5.41, 5.74) is 0.944. The highest BCUT2D eigenvalue weighted by Gasteiger charge is 2.32. The lowest BCUT2D eigenvalue weighted by molar-refractivity contribution is 0.199. The predicted molar refractivity (Wildman–Crippen MR) is 70.1 cm³/mol. The summed E-state index contributed by atoms with van der Waals surface area (Å²) in [6.07, 6.45) is 4.95. The molecule has 1 aromatic heterocycles. The van der Waals surface area contributed by atoms with Crippen molar-refractivity contribution in [3.8, 4) is 0 Å². The van der Waals surface area contributed by atoms with E-state index >= 15 is 0 Å². The molecule has 1 N–H and O–H groups in total. The minimum Gasteiger partial charge on any atom is -0.389 e. The van der Waals surface area contributed by atoms with Gasteiger partial charge in [0.25, 0.3) is 0 Å². The first kappa shape index (κ1) is 12.4. The fraction of sp³-hybridized carbons (Fsp3) is 0.643. The van der Waals surface area contributed by atoms with Crippen LogP contribution in [0, 0.1) is 0 Å². The maximum Gasteiger partial charge on any atom is 0.134 e. The molecule has 3 atom stereocenters. The zero-order valence-electron chi connectivity index (χ0n) is 10.9. The number of aromatic nitrogens is 1. The molecule has 0 aromatic carbocycles. The number of hydrogen-bond acceptors (Lipinski definition) is 3. The van der Waals surface area contributed by atoms with Crippen molar-refractivity contribution in [3.05, 3.63) is 23.9 Å². The number of nitrogens with zero attached hydrogens (tertiary/aromatic N) is 2. The third kappa shape index (κ3) is 2.29. The molecular formula is C14H22N2O. The summed E-state index contributed by atoms with van der Waals surface area (Å²) in [6, 6.07) is 4.96. The van der Waals surface area contributed by atoms with Crippen LogP contribution in [0.4, 0.5) is 5.82 Å². The van der Waals surface area contributed by atoms with Crippen LogP contribution in [0.5, 0.6) is 0 Å². The molecule has 3 nitrogen and oxygen atoms in total. The molecule has 94 valence electrons. The van der Waals surface area contributed by atoms with Crippen LogP contribution in [-0.4, -0.2) is 22.2 Å². The molecule has 3 unspecified atom stereocenters. The molecule has 0 radical (unpaired) electrons. The van der Waals surface area contributed by atoms with Gasteiger partial charge < -0.3 is 10.0 Å². The Morgan fingerprint density at radius 2 is 2.29 bits per heavy atom. The van der Waals surface area contributed by atoms with Crippen LogP contribution in [-0.2, 0) is 0 Å². The number of rotatable bonds is 3. The van der Waals surface area contributed by atoms with Crippen LogP contribution in [0.1, 0.15) is 51.7 Å². The highest BCUT2D eigenvalue weighted by molar-refractivity contribution is 5.50. The molecule has 0 aliphatic carbocycles. The minimum atomic E-state index is -0.455. The fourth-order valence-electron chi connectivity index (χ4n) is 2.81. The van der Waals surface area contributed by atoms with Gasteiger partial charge in [0.15, 0.2) is 0 Å². The molecule has 1 aromatic rings. The molecule has 1 aliphatic heterocycles. The van der Waals surface area contributed by atoms with Gasteiger partial charge >= 0.3 is 0 Å². The zero-order valence-corrected chi connectivity index (χ0v) is 10.9. The third-order valence-corrected chi connectivity index (χ3v) is 3.77. The van der Waals surface area contributed by atoms with Gasteiger partial charge in [0.2, 0.25) is 0 Å². The number of hydrogen-bond donors (Lipinski definition) is 1. The summed E-state index contributed by atoms with van der Waals surface area (Å²) in [4.78, 5) is 6.89. The van der Waals surface area contributed by atoms with E-state index in [4.69, 9.17) is 0 Å². The summed E-state index contributed by atoms with van der Waals surface area (Å²) in [5.74, 6) is 0.972. The summed E-state index contributed by atoms with van der Waals surface area (Å²) >= 11 is 0. The molecular weight excluding hydrogens is 212 g/mol. The van der Waals surface area contributed by atoms with E-state index in [0.717, 1.165) is 17.8 Å². The first-order chi connectivity index (χ1) is 8.15. The van der Waals surface area contributed by atoms with E-state index in [0.29, 0.717) is 12.1 Å². The lowest BCUT2D eigenvalue weighted by Gasteiger charge is -2.31. The average molecular weight is 234 g/mol. The van der Waals surface area contributed by atoms with E-state index in [9.17, 15) is 5.11 Å². The second-order valence-corrected chi connectivity index (χ2v) is 4.99. The van der Waals surface area contributed by atoms with Crippen LogP contribution in [0.25, 0.3) is 0 Å². The largest absolute Gasteiger partial charge is 0.389 e. The Kier molecular flexibility index (Phi) is 3.67. The van der Waals surface area contributed by atoms with Gasteiger partial charge in [-0.2, -0.15) is 0 Å². The highest BCUT2D eigenvalue weighted by atomic mass is 16.3. The Bertz CT molecular complexity index is 378. The molecule has 1 aliphatic rings. The Balaban J connectivity index is 2.38. The third-order valence-electron chi connectivity index (χ3n) is 3.77. The second-order valence-electron chi connectivity index (χ2n) is 4.99. The normalized spacial score (nSPS) is 26.2. The molecule has 0 amide bonds. The van der Waals surface area contributed by atoms with Gasteiger partial charge in [-0.05, 0) is 39.2 Å². The molecule has 17 heavy (non-hydrogen) atoms. The van der Waals surface area contributed by atoms with Crippen LogP contribution in [0.15, 0.2) is 18.3 Å². The van der Waals surface area contributed by atoms with Crippen molar-refractivity contribution in [2.24, 2.45) is 0 Å². The summed E-state index contributed by atoms with van der Waals surface area (Å²) < 4.78 is 0. The Morgan fingerprint density at radius 1 is 1.53 bits per heavy atom. The van der Waals surface area contributed by atoms with Crippen molar-refractivity contribution < 1.29 is 5.11 Å². The van der Waals surface area contributed by atoms with Gasteiger partial charge in [0.05, 0.1) is 6.10 Å². The standard InChI is InChI=1S/C14H22N2O/c1-4-12-8-7-10(2)16(12)14-13(11(3)17)6-5-9-15-14/h5-6,9-12,17H,4,7-8H2,1-3H3. The Labute approximate surface area is 103 Å². The van der Waals surface area contributed by atoms with E-state index in [1.807, 2.05) is 25.3 Å². The van der Waals surface area contributed by atoms with E-state index < -0.39 is 6.10 Å². The summed E-state index contributed by atoms with van der Waals surface area (Å²) in [7, 11) is 0. The van der Waals surface area contributed by atoms with Crippen LogP contribution >= 0.6 is 0 Å². The highest BCUT2D eigenvalue weighted by Crippen LogP contribution is 2.34. The van der Waals surface area contributed by atoms with Gasteiger partial charge in [-0.15, -0.1) is 0 Å². The van der Waals surface area contributed by atoms with Crippen LogP contribution < -0.4 is 4.90 Å². The van der Waals surface area contributed by atoms with Crippen molar-refractivity contribution in [1.29, 1.82) is 0 Å². The van der Waals surface area contributed by atoms with Gasteiger partial charge in [0, 0.05) is 23.8 Å². The maximum absolute atomic E-state index is 9.84. The number of aliphatic hydroxyl groups excluding tert-OH is 1. The van der Waals surface area contributed by atoms with Crippen molar-refractivity contribution >= 4 is 5.82 Å². The quantitative estimate of drug-likeness (QED) is 0.873. The predicted octanol–water partition coefficient (Wildman–Crippen LogP) is 2.90. The molecule has 0 spiro atoms. The molecule has 0 bridgehead atoms. The van der Waals surface area contributed by atoms with Crippen molar-refractivity contribution in [2.45, 2.75) is 58.2 Å². The molecule has 1 saturated heterocycles. The van der Waals surface area contributed by atoms with Gasteiger partial charge in [0.1, 0.15) is 5.82 Å².